The number of nitrogens with one attached hydrogen (secondary N) is 1. The van der Waals surface area contributed by atoms with Crippen molar-refractivity contribution in [3.05, 3.63) is 30.1 Å². The maximum absolute atomic E-state index is 12.4. The summed E-state index contributed by atoms with van der Waals surface area (Å²) in [5.74, 6) is 1.39. The van der Waals surface area contributed by atoms with E-state index in [1.807, 2.05) is 42.1 Å². The molecule has 1 fully saturated rings. The number of carbonyl (C=O) groups is 2. The Bertz CT molecular complexity index is 835. The molecule has 1 aliphatic rings. The number of nitrogens with zero attached hydrogens (tertiary/aromatic N) is 4. The fourth-order valence-electron chi connectivity index (χ4n) is 2.63. The maximum atomic E-state index is 12.4. The molecule has 0 spiro atoms. The van der Waals surface area contributed by atoms with Crippen LogP contribution in [0.3, 0.4) is 0 Å². The van der Waals surface area contributed by atoms with E-state index in [1.54, 1.807) is 18.8 Å². The van der Waals surface area contributed by atoms with Crippen LogP contribution in [0.1, 0.15) is 24.6 Å². The second kappa shape index (κ2) is 8.79. The molecule has 7 nitrogen and oxygen atoms in total. The molecule has 1 heterocycles. The summed E-state index contributed by atoms with van der Waals surface area (Å²) in [7, 11) is 3.57. The molecule has 2 aromatic rings. The highest BCUT2D eigenvalue weighted by Gasteiger charge is 2.29. The minimum absolute atomic E-state index is 0.00818. The smallest absolute Gasteiger partial charge is 0.244 e. The van der Waals surface area contributed by atoms with E-state index in [1.165, 1.54) is 16.7 Å². The maximum Gasteiger partial charge on any atom is 0.244 e. The number of para-hydroxylation sites is 1. The molecule has 9 heteroatoms. The summed E-state index contributed by atoms with van der Waals surface area (Å²) in [5.41, 5.74) is 0.761. The van der Waals surface area contributed by atoms with Gasteiger partial charge in [-0.15, -0.1) is 22.0 Å². The highest BCUT2D eigenvalue weighted by atomic mass is 32.2. The van der Waals surface area contributed by atoms with Crippen LogP contribution in [0.5, 0.6) is 0 Å². The minimum atomic E-state index is -0.216. The summed E-state index contributed by atoms with van der Waals surface area (Å²) >= 11 is 2.91. The molecule has 0 saturated heterocycles. The Hall–Kier alpha value is -2.00. The molecule has 27 heavy (non-hydrogen) atoms. The first-order valence-electron chi connectivity index (χ1n) is 8.68. The Morgan fingerprint density at radius 1 is 1.30 bits per heavy atom. The van der Waals surface area contributed by atoms with Crippen molar-refractivity contribution in [3.63, 3.8) is 0 Å². The van der Waals surface area contributed by atoms with Gasteiger partial charge in [0.25, 0.3) is 0 Å². The van der Waals surface area contributed by atoms with Crippen LogP contribution < -0.4 is 5.32 Å². The molecule has 2 amide bonds. The highest BCUT2D eigenvalue weighted by Crippen LogP contribution is 2.39. The van der Waals surface area contributed by atoms with E-state index in [-0.39, 0.29) is 24.1 Å². The lowest BCUT2D eigenvalue weighted by Gasteiger charge is -2.17. The van der Waals surface area contributed by atoms with E-state index < -0.39 is 0 Å². The van der Waals surface area contributed by atoms with Crippen LogP contribution in [-0.4, -0.2) is 57.1 Å². The van der Waals surface area contributed by atoms with Crippen molar-refractivity contribution in [3.8, 4) is 0 Å². The number of rotatable bonds is 8. The molecule has 0 bridgehead atoms. The summed E-state index contributed by atoms with van der Waals surface area (Å²) in [6.45, 7) is 0.00818. The monoisotopic (exact) mass is 405 g/mol. The van der Waals surface area contributed by atoms with E-state index in [4.69, 9.17) is 0 Å². The average molecular weight is 406 g/mol. The van der Waals surface area contributed by atoms with Crippen molar-refractivity contribution in [1.29, 1.82) is 0 Å². The van der Waals surface area contributed by atoms with Crippen molar-refractivity contribution in [1.82, 2.24) is 19.7 Å². The molecule has 1 aliphatic carbocycles. The Kier molecular flexibility index (Phi) is 6.43. The Morgan fingerprint density at radius 2 is 2.04 bits per heavy atom. The van der Waals surface area contributed by atoms with Crippen molar-refractivity contribution < 1.29 is 9.59 Å². The van der Waals surface area contributed by atoms with Gasteiger partial charge < -0.3 is 14.8 Å². The lowest BCUT2D eigenvalue weighted by atomic mass is 10.3. The topological polar surface area (TPSA) is 80.1 Å². The predicted molar refractivity (Wildman–Crippen MR) is 108 cm³/mol. The van der Waals surface area contributed by atoms with Crippen molar-refractivity contribution in [2.24, 2.45) is 7.05 Å². The molecule has 0 atom stereocenters. The first-order chi connectivity index (χ1) is 13.0. The standard InChI is InChI=1S/C18H23N5O2S2/c1-22(10-15(24)19-13-6-4-5-7-14(13)26-3)16(25)11-27-18-21-20-17(23(18)2)12-8-9-12/h4-7,12H,8-11H2,1-3H3,(H,19,24). The first kappa shape index (κ1) is 19.8. The van der Waals surface area contributed by atoms with Crippen LogP contribution >= 0.6 is 23.5 Å². The first-order valence-corrected chi connectivity index (χ1v) is 10.9. The number of hydrogen-bond donors (Lipinski definition) is 1. The quantitative estimate of drug-likeness (QED) is 0.680. The molecule has 0 aliphatic heterocycles. The zero-order valence-corrected chi connectivity index (χ0v) is 17.3. The van der Waals surface area contributed by atoms with Gasteiger partial charge in [0.1, 0.15) is 5.82 Å². The van der Waals surface area contributed by atoms with Gasteiger partial charge in [-0.2, -0.15) is 0 Å². The Morgan fingerprint density at radius 3 is 2.74 bits per heavy atom. The van der Waals surface area contributed by atoms with E-state index >= 15 is 0 Å². The van der Waals surface area contributed by atoms with Gasteiger partial charge in [0.15, 0.2) is 5.16 Å². The summed E-state index contributed by atoms with van der Waals surface area (Å²) in [6, 6.07) is 7.60. The van der Waals surface area contributed by atoms with Crippen molar-refractivity contribution >= 4 is 41.0 Å². The summed E-state index contributed by atoms with van der Waals surface area (Å²) in [4.78, 5) is 27.0. The fourth-order valence-corrected chi connectivity index (χ4v) is 4.04. The Labute approximate surface area is 167 Å². The molecule has 144 valence electrons. The van der Waals surface area contributed by atoms with Gasteiger partial charge in [0.05, 0.1) is 18.0 Å². The van der Waals surface area contributed by atoms with E-state index in [2.05, 4.69) is 15.5 Å². The molecule has 0 radical (unpaired) electrons. The number of amides is 2. The van der Waals surface area contributed by atoms with Gasteiger partial charge in [-0.3, -0.25) is 9.59 Å². The SMILES string of the molecule is CSc1ccccc1NC(=O)CN(C)C(=O)CSc1nnc(C2CC2)n1C. The summed E-state index contributed by atoms with van der Waals surface area (Å²) < 4.78 is 1.96. The normalized spacial score (nSPS) is 13.4. The average Bonchev–Trinajstić information content (AvgIpc) is 3.43. The van der Waals surface area contributed by atoms with Crippen LogP contribution in [-0.2, 0) is 16.6 Å². The zero-order valence-electron chi connectivity index (χ0n) is 15.6. The Balaban J connectivity index is 1.49. The summed E-state index contributed by atoms with van der Waals surface area (Å²) in [5, 5.41) is 12.0. The number of benzene rings is 1. The molecule has 3 rings (SSSR count). The second-order valence-electron chi connectivity index (χ2n) is 6.46. The fraction of sp³-hybridized carbons (Fsp3) is 0.444. The van der Waals surface area contributed by atoms with Gasteiger partial charge in [-0.1, -0.05) is 23.9 Å². The molecule has 1 N–H and O–H groups in total. The van der Waals surface area contributed by atoms with Crippen molar-refractivity contribution in [2.45, 2.75) is 28.8 Å². The number of carbonyl (C=O) groups excluding carboxylic acids is 2. The van der Waals surface area contributed by atoms with Crippen LogP contribution in [0.25, 0.3) is 0 Å². The van der Waals surface area contributed by atoms with Crippen LogP contribution in [0.2, 0.25) is 0 Å². The number of anilines is 1. The molecule has 0 unspecified atom stereocenters. The second-order valence-corrected chi connectivity index (χ2v) is 8.25. The molecule has 1 aromatic heterocycles. The molecular formula is C18H23N5O2S2. The zero-order chi connectivity index (χ0) is 19.4. The molecular weight excluding hydrogens is 382 g/mol. The third kappa shape index (κ3) is 5.04. The van der Waals surface area contributed by atoms with Crippen LogP contribution in [0.15, 0.2) is 34.3 Å². The van der Waals surface area contributed by atoms with Crippen molar-refractivity contribution in [2.75, 3.05) is 30.9 Å². The third-order valence-electron chi connectivity index (χ3n) is 4.32. The third-order valence-corrected chi connectivity index (χ3v) is 6.12. The molecule has 1 aromatic carbocycles. The highest BCUT2D eigenvalue weighted by molar-refractivity contribution is 7.99. The van der Waals surface area contributed by atoms with Crippen LogP contribution in [0, 0.1) is 0 Å². The minimum Gasteiger partial charge on any atom is -0.336 e. The number of thioether (sulfide) groups is 2. The largest absolute Gasteiger partial charge is 0.336 e. The number of aromatic nitrogens is 3. The number of hydrogen-bond acceptors (Lipinski definition) is 6. The van der Waals surface area contributed by atoms with E-state index in [9.17, 15) is 9.59 Å². The van der Waals surface area contributed by atoms with E-state index in [0.717, 1.165) is 34.4 Å². The lowest BCUT2D eigenvalue weighted by Crippen LogP contribution is -2.36. The predicted octanol–water partition coefficient (Wildman–Crippen LogP) is 2.60. The van der Waals surface area contributed by atoms with Gasteiger partial charge in [-0.05, 0) is 31.2 Å². The molecule has 1 saturated carbocycles. The lowest BCUT2D eigenvalue weighted by molar-refractivity contribution is -0.131. The number of likely N-dealkylation sites (N-methyl/N-ethyl adjacent to an activating group) is 1. The van der Waals surface area contributed by atoms with Gasteiger partial charge in [-0.25, -0.2) is 0 Å². The van der Waals surface area contributed by atoms with Crippen LogP contribution in [0.4, 0.5) is 5.69 Å². The summed E-state index contributed by atoms with van der Waals surface area (Å²) in [6.07, 6.45) is 4.28. The van der Waals surface area contributed by atoms with Gasteiger partial charge in [0, 0.05) is 24.9 Å². The van der Waals surface area contributed by atoms with Gasteiger partial charge in [0.2, 0.25) is 11.8 Å². The van der Waals surface area contributed by atoms with Gasteiger partial charge >= 0.3 is 0 Å². The van der Waals surface area contributed by atoms with E-state index in [0.29, 0.717) is 5.92 Å².